The van der Waals surface area contributed by atoms with E-state index in [9.17, 15) is 4.79 Å². The van der Waals surface area contributed by atoms with Crippen LogP contribution in [0.3, 0.4) is 0 Å². The minimum absolute atomic E-state index is 0.101. The number of aryl methyl sites for hydroxylation is 1. The number of aromatic nitrogens is 2. The molecule has 1 aliphatic rings. The maximum absolute atomic E-state index is 10.6. The molecule has 0 spiro atoms. The Labute approximate surface area is 81.7 Å². The minimum Gasteiger partial charge on any atom is -0.481 e. The number of carbonyl (C=O) groups is 1. The molecule has 0 radical (unpaired) electrons. The number of aliphatic carboxylic acids is 1. The number of hydrogen-bond donors (Lipinski definition) is 2. The van der Waals surface area contributed by atoms with E-state index in [1.807, 2.05) is 13.2 Å². The van der Waals surface area contributed by atoms with Gasteiger partial charge in [0.05, 0.1) is 18.2 Å². The molecule has 1 atom stereocenters. The number of carboxylic acids is 1. The molecule has 2 heterocycles. The first-order chi connectivity index (χ1) is 6.66. The highest BCUT2D eigenvalue weighted by atomic mass is 16.4. The van der Waals surface area contributed by atoms with E-state index in [4.69, 9.17) is 5.11 Å². The van der Waals surface area contributed by atoms with E-state index in [0.29, 0.717) is 0 Å². The standard InChI is InChI=1S/C9H13N3O2/c1-12-5-6-2-3-10-7(4-8(13)14)9(6)11-12/h5,7,10H,2-4H2,1H3,(H,13,14). The molecular weight excluding hydrogens is 182 g/mol. The molecule has 0 saturated carbocycles. The van der Waals surface area contributed by atoms with Crippen LogP contribution in [0.25, 0.3) is 0 Å². The van der Waals surface area contributed by atoms with E-state index in [1.165, 1.54) is 0 Å². The number of nitrogens with one attached hydrogen (secondary N) is 1. The second-order valence-corrected chi connectivity index (χ2v) is 3.57. The Morgan fingerprint density at radius 2 is 2.64 bits per heavy atom. The van der Waals surface area contributed by atoms with E-state index in [1.54, 1.807) is 4.68 Å². The molecule has 1 unspecified atom stereocenters. The molecule has 0 amide bonds. The van der Waals surface area contributed by atoms with Crippen LogP contribution in [0.2, 0.25) is 0 Å². The lowest BCUT2D eigenvalue weighted by molar-refractivity contribution is -0.137. The average molecular weight is 195 g/mol. The topological polar surface area (TPSA) is 67.2 Å². The lowest BCUT2D eigenvalue weighted by atomic mass is 10.0. The Morgan fingerprint density at radius 1 is 1.86 bits per heavy atom. The predicted molar refractivity (Wildman–Crippen MR) is 49.9 cm³/mol. The Bertz CT molecular complexity index is 359. The Balaban J connectivity index is 2.25. The van der Waals surface area contributed by atoms with Gasteiger partial charge in [-0.05, 0) is 18.5 Å². The summed E-state index contributed by atoms with van der Waals surface area (Å²) in [4.78, 5) is 10.6. The van der Waals surface area contributed by atoms with Gasteiger partial charge in [-0.2, -0.15) is 5.10 Å². The van der Waals surface area contributed by atoms with Crippen molar-refractivity contribution in [2.75, 3.05) is 6.54 Å². The normalized spacial score (nSPS) is 20.5. The van der Waals surface area contributed by atoms with Crippen molar-refractivity contribution in [2.24, 2.45) is 7.05 Å². The zero-order valence-corrected chi connectivity index (χ0v) is 8.03. The first-order valence-corrected chi connectivity index (χ1v) is 4.64. The van der Waals surface area contributed by atoms with Gasteiger partial charge in [-0.15, -0.1) is 0 Å². The zero-order valence-electron chi connectivity index (χ0n) is 8.03. The summed E-state index contributed by atoms with van der Waals surface area (Å²) in [6.45, 7) is 0.830. The Hall–Kier alpha value is -1.36. The lowest BCUT2D eigenvalue weighted by Gasteiger charge is -2.20. The predicted octanol–water partition coefficient (Wildman–Crippen LogP) is 0.0816. The van der Waals surface area contributed by atoms with Crippen LogP contribution in [-0.4, -0.2) is 27.4 Å². The largest absolute Gasteiger partial charge is 0.481 e. The molecule has 0 saturated heterocycles. The van der Waals surface area contributed by atoms with Crippen molar-refractivity contribution < 1.29 is 9.90 Å². The van der Waals surface area contributed by atoms with Crippen LogP contribution in [0.5, 0.6) is 0 Å². The van der Waals surface area contributed by atoms with E-state index < -0.39 is 5.97 Å². The summed E-state index contributed by atoms with van der Waals surface area (Å²) in [7, 11) is 1.86. The Kier molecular flexibility index (Phi) is 2.25. The third-order valence-electron chi connectivity index (χ3n) is 2.43. The van der Waals surface area contributed by atoms with Crippen molar-refractivity contribution >= 4 is 5.97 Å². The first-order valence-electron chi connectivity index (χ1n) is 4.64. The van der Waals surface area contributed by atoms with E-state index >= 15 is 0 Å². The molecule has 1 aromatic heterocycles. The van der Waals surface area contributed by atoms with Crippen LogP contribution < -0.4 is 5.32 Å². The number of hydrogen-bond acceptors (Lipinski definition) is 3. The average Bonchev–Trinajstić information content (AvgIpc) is 2.45. The van der Waals surface area contributed by atoms with Crippen molar-refractivity contribution in [3.8, 4) is 0 Å². The summed E-state index contributed by atoms with van der Waals surface area (Å²) in [5.74, 6) is -0.791. The fourth-order valence-corrected chi connectivity index (χ4v) is 1.86. The smallest absolute Gasteiger partial charge is 0.305 e. The second kappa shape index (κ2) is 3.42. The van der Waals surface area contributed by atoms with Crippen LogP contribution in [-0.2, 0) is 18.3 Å². The van der Waals surface area contributed by atoms with Gasteiger partial charge in [-0.1, -0.05) is 0 Å². The number of nitrogens with zero attached hydrogens (tertiary/aromatic N) is 2. The summed E-state index contributed by atoms with van der Waals surface area (Å²) in [5.41, 5.74) is 2.05. The van der Waals surface area contributed by atoms with Crippen molar-refractivity contribution in [1.29, 1.82) is 0 Å². The molecule has 1 aromatic rings. The van der Waals surface area contributed by atoms with Crippen LogP contribution in [0.1, 0.15) is 23.7 Å². The van der Waals surface area contributed by atoms with Crippen molar-refractivity contribution in [3.05, 3.63) is 17.5 Å². The first kappa shape index (κ1) is 9.21. The van der Waals surface area contributed by atoms with Gasteiger partial charge in [0.15, 0.2) is 0 Å². The summed E-state index contributed by atoms with van der Waals surface area (Å²) in [6.07, 6.45) is 2.99. The fraction of sp³-hybridized carbons (Fsp3) is 0.556. The number of carboxylic acid groups (broad SMARTS) is 1. The third kappa shape index (κ3) is 1.63. The van der Waals surface area contributed by atoms with E-state index in [-0.39, 0.29) is 12.5 Å². The summed E-state index contributed by atoms with van der Waals surface area (Å²) in [5, 5.41) is 16.2. The Morgan fingerprint density at radius 3 is 3.36 bits per heavy atom. The molecule has 2 rings (SSSR count). The van der Waals surface area contributed by atoms with Crippen LogP contribution in [0, 0.1) is 0 Å². The van der Waals surface area contributed by atoms with Gasteiger partial charge < -0.3 is 10.4 Å². The molecule has 5 nitrogen and oxygen atoms in total. The zero-order chi connectivity index (χ0) is 10.1. The quantitative estimate of drug-likeness (QED) is 0.701. The molecule has 0 bridgehead atoms. The van der Waals surface area contributed by atoms with Gasteiger partial charge >= 0.3 is 5.97 Å². The molecule has 14 heavy (non-hydrogen) atoms. The lowest BCUT2D eigenvalue weighted by Crippen LogP contribution is -2.31. The van der Waals surface area contributed by atoms with Crippen molar-refractivity contribution in [3.63, 3.8) is 0 Å². The number of rotatable bonds is 2. The fourth-order valence-electron chi connectivity index (χ4n) is 1.86. The SMILES string of the molecule is Cn1cc2c(n1)C(CC(=O)O)NCC2. The molecule has 5 heteroatoms. The highest BCUT2D eigenvalue weighted by molar-refractivity contribution is 5.68. The van der Waals surface area contributed by atoms with Gasteiger partial charge in [-0.25, -0.2) is 0 Å². The van der Waals surface area contributed by atoms with Crippen molar-refractivity contribution in [2.45, 2.75) is 18.9 Å². The van der Waals surface area contributed by atoms with Crippen LogP contribution in [0.15, 0.2) is 6.20 Å². The van der Waals surface area contributed by atoms with Gasteiger partial charge in [0.1, 0.15) is 0 Å². The van der Waals surface area contributed by atoms with Crippen molar-refractivity contribution in [1.82, 2.24) is 15.1 Å². The van der Waals surface area contributed by atoms with Crippen LogP contribution >= 0.6 is 0 Å². The van der Waals surface area contributed by atoms with Gasteiger partial charge in [0.2, 0.25) is 0 Å². The maximum Gasteiger partial charge on any atom is 0.305 e. The number of fused-ring (bicyclic) bond motifs is 1. The molecule has 0 aromatic carbocycles. The molecule has 0 fully saturated rings. The van der Waals surface area contributed by atoms with E-state index in [0.717, 1.165) is 24.2 Å². The second-order valence-electron chi connectivity index (χ2n) is 3.57. The molecule has 1 aliphatic heterocycles. The molecule has 2 N–H and O–H groups in total. The summed E-state index contributed by atoms with van der Waals surface area (Å²) < 4.78 is 1.74. The maximum atomic E-state index is 10.6. The van der Waals surface area contributed by atoms with Gasteiger partial charge in [0.25, 0.3) is 0 Å². The van der Waals surface area contributed by atoms with Gasteiger partial charge in [-0.3, -0.25) is 9.48 Å². The molecule has 76 valence electrons. The highest BCUT2D eigenvalue weighted by Crippen LogP contribution is 2.23. The van der Waals surface area contributed by atoms with E-state index in [2.05, 4.69) is 10.4 Å². The van der Waals surface area contributed by atoms with Crippen LogP contribution in [0.4, 0.5) is 0 Å². The minimum atomic E-state index is -0.791. The molecule has 0 aliphatic carbocycles. The molecular formula is C9H13N3O2. The summed E-state index contributed by atoms with van der Waals surface area (Å²) in [6, 6.07) is -0.127. The van der Waals surface area contributed by atoms with Gasteiger partial charge in [0, 0.05) is 13.2 Å². The highest BCUT2D eigenvalue weighted by Gasteiger charge is 2.24. The summed E-state index contributed by atoms with van der Waals surface area (Å²) >= 11 is 0. The monoisotopic (exact) mass is 195 g/mol. The third-order valence-corrected chi connectivity index (χ3v) is 2.43.